The zero-order chi connectivity index (χ0) is 17.2. The Morgan fingerprint density at radius 2 is 1.76 bits per heavy atom. The Labute approximate surface area is 156 Å². The number of carbonyl (C=O) groups is 1. The van der Waals surface area contributed by atoms with E-state index >= 15 is 0 Å². The van der Waals surface area contributed by atoms with Gasteiger partial charge in [0.15, 0.2) is 0 Å². The predicted octanol–water partition coefficient (Wildman–Crippen LogP) is 1.33. The molecule has 1 N–H and O–H groups in total. The normalized spacial score (nSPS) is 23.1. The Balaban J connectivity index is 0.00000225. The minimum atomic E-state index is -3.45. The van der Waals surface area contributed by atoms with Crippen LogP contribution in [0, 0.1) is 5.92 Å². The van der Waals surface area contributed by atoms with Crippen molar-refractivity contribution < 1.29 is 13.2 Å². The second kappa shape index (κ2) is 8.49. The summed E-state index contributed by atoms with van der Waals surface area (Å²) < 4.78 is 26.8. The van der Waals surface area contributed by atoms with Gasteiger partial charge in [0.1, 0.15) is 0 Å². The molecule has 2 fully saturated rings. The van der Waals surface area contributed by atoms with Crippen molar-refractivity contribution in [1.29, 1.82) is 0 Å². The predicted molar refractivity (Wildman–Crippen MR) is 99.2 cm³/mol. The third-order valence-electron chi connectivity index (χ3n) is 4.97. The van der Waals surface area contributed by atoms with E-state index in [1.807, 2.05) is 4.90 Å². The standard InChI is InChI=1S/C17H25N3O3S.ClH/c1-14-13-18-9-12-20(14)17(21)15-7-10-19(11-8-15)24(22,23)16-5-3-2-4-6-16;/h2-6,14-15,18H,7-13H2,1H3;1H/t14-;/m1./s1. The van der Waals surface area contributed by atoms with Crippen molar-refractivity contribution in [2.75, 3.05) is 32.7 Å². The summed E-state index contributed by atoms with van der Waals surface area (Å²) in [7, 11) is -3.45. The third-order valence-corrected chi connectivity index (χ3v) is 6.88. The molecule has 3 rings (SSSR count). The van der Waals surface area contributed by atoms with Crippen molar-refractivity contribution in [3.8, 4) is 0 Å². The molecule has 0 radical (unpaired) electrons. The number of rotatable bonds is 3. The van der Waals surface area contributed by atoms with E-state index in [4.69, 9.17) is 0 Å². The summed E-state index contributed by atoms with van der Waals surface area (Å²) in [5.41, 5.74) is 0. The first-order valence-electron chi connectivity index (χ1n) is 8.56. The Morgan fingerprint density at radius 3 is 2.36 bits per heavy atom. The molecule has 140 valence electrons. The van der Waals surface area contributed by atoms with Gasteiger partial charge in [0, 0.05) is 44.7 Å². The molecule has 1 aromatic carbocycles. The number of nitrogens with zero attached hydrogens (tertiary/aromatic N) is 2. The average molecular weight is 388 g/mol. The molecule has 0 aromatic heterocycles. The lowest BCUT2D eigenvalue weighted by atomic mass is 9.95. The molecule has 1 atom stereocenters. The van der Waals surface area contributed by atoms with Crippen LogP contribution in [0.15, 0.2) is 35.2 Å². The summed E-state index contributed by atoms with van der Waals surface area (Å²) in [5, 5.41) is 3.29. The van der Waals surface area contributed by atoms with Crippen molar-refractivity contribution >= 4 is 28.3 Å². The van der Waals surface area contributed by atoms with Gasteiger partial charge in [-0.05, 0) is 31.9 Å². The fourth-order valence-corrected chi connectivity index (χ4v) is 4.98. The monoisotopic (exact) mass is 387 g/mol. The van der Waals surface area contributed by atoms with E-state index in [2.05, 4.69) is 12.2 Å². The molecule has 8 heteroatoms. The van der Waals surface area contributed by atoms with Gasteiger partial charge < -0.3 is 10.2 Å². The topological polar surface area (TPSA) is 69.7 Å². The van der Waals surface area contributed by atoms with E-state index in [1.165, 1.54) is 4.31 Å². The summed E-state index contributed by atoms with van der Waals surface area (Å²) in [5.74, 6) is 0.119. The maximum Gasteiger partial charge on any atom is 0.243 e. The number of carbonyl (C=O) groups excluding carboxylic acids is 1. The van der Waals surface area contributed by atoms with Gasteiger partial charge in [0.05, 0.1) is 4.90 Å². The van der Waals surface area contributed by atoms with Gasteiger partial charge in [-0.25, -0.2) is 8.42 Å². The van der Waals surface area contributed by atoms with Crippen LogP contribution in [0.1, 0.15) is 19.8 Å². The number of hydrogen-bond donors (Lipinski definition) is 1. The fraction of sp³-hybridized carbons (Fsp3) is 0.588. The van der Waals surface area contributed by atoms with Gasteiger partial charge in [0.2, 0.25) is 15.9 Å². The van der Waals surface area contributed by atoms with Gasteiger partial charge in [-0.15, -0.1) is 12.4 Å². The van der Waals surface area contributed by atoms with E-state index in [1.54, 1.807) is 30.3 Å². The quantitative estimate of drug-likeness (QED) is 0.849. The molecule has 0 unspecified atom stereocenters. The molecule has 2 heterocycles. The van der Waals surface area contributed by atoms with Crippen molar-refractivity contribution in [2.24, 2.45) is 5.92 Å². The summed E-state index contributed by atoms with van der Waals surface area (Å²) in [6.45, 7) is 5.27. The van der Waals surface area contributed by atoms with Crippen LogP contribution in [0.4, 0.5) is 0 Å². The van der Waals surface area contributed by atoms with Crippen LogP contribution < -0.4 is 5.32 Å². The molecule has 0 saturated carbocycles. The Morgan fingerprint density at radius 1 is 1.12 bits per heavy atom. The second-order valence-electron chi connectivity index (χ2n) is 6.58. The number of sulfonamides is 1. The van der Waals surface area contributed by atoms with E-state index in [-0.39, 0.29) is 30.3 Å². The number of piperidine rings is 1. The molecule has 2 aliphatic rings. The lowest BCUT2D eigenvalue weighted by molar-refractivity contribution is -0.139. The van der Waals surface area contributed by atoms with Gasteiger partial charge in [-0.2, -0.15) is 4.31 Å². The molecular weight excluding hydrogens is 362 g/mol. The minimum Gasteiger partial charge on any atom is -0.337 e. The lowest BCUT2D eigenvalue weighted by Gasteiger charge is -2.38. The molecule has 0 aliphatic carbocycles. The third kappa shape index (κ3) is 4.34. The second-order valence-corrected chi connectivity index (χ2v) is 8.51. The molecule has 1 amide bonds. The van der Waals surface area contributed by atoms with E-state index in [0.717, 1.165) is 19.6 Å². The first-order valence-corrected chi connectivity index (χ1v) is 10.0. The van der Waals surface area contributed by atoms with Crippen molar-refractivity contribution in [3.63, 3.8) is 0 Å². The highest BCUT2D eigenvalue weighted by atomic mass is 35.5. The van der Waals surface area contributed by atoms with Crippen molar-refractivity contribution in [2.45, 2.75) is 30.7 Å². The number of benzene rings is 1. The molecule has 25 heavy (non-hydrogen) atoms. The largest absolute Gasteiger partial charge is 0.337 e. The molecule has 2 aliphatic heterocycles. The van der Waals surface area contributed by atoms with E-state index in [0.29, 0.717) is 30.8 Å². The van der Waals surface area contributed by atoms with Gasteiger partial charge in [-0.3, -0.25) is 4.79 Å². The molecule has 1 aromatic rings. The lowest BCUT2D eigenvalue weighted by Crippen LogP contribution is -2.55. The Kier molecular flexibility index (Phi) is 6.85. The van der Waals surface area contributed by atoms with Crippen LogP contribution >= 0.6 is 12.4 Å². The van der Waals surface area contributed by atoms with Crippen LogP contribution in [-0.4, -0.2) is 62.3 Å². The van der Waals surface area contributed by atoms with E-state index < -0.39 is 10.0 Å². The van der Waals surface area contributed by atoms with Gasteiger partial charge in [0.25, 0.3) is 0 Å². The average Bonchev–Trinajstić information content (AvgIpc) is 2.62. The summed E-state index contributed by atoms with van der Waals surface area (Å²) in [6, 6.07) is 8.71. The molecule has 0 bridgehead atoms. The van der Waals surface area contributed by atoms with E-state index in [9.17, 15) is 13.2 Å². The van der Waals surface area contributed by atoms with Crippen LogP contribution in [0.25, 0.3) is 0 Å². The zero-order valence-electron chi connectivity index (χ0n) is 14.4. The first-order chi connectivity index (χ1) is 11.5. The maximum absolute atomic E-state index is 12.7. The number of piperazine rings is 1. The summed E-state index contributed by atoms with van der Waals surface area (Å²) >= 11 is 0. The number of nitrogens with one attached hydrogen (secondary N) is 1. The van der Waals surface area contributed by atoms with Crippen LogP contribution in [0.5, 0.6) is 0 Å². The smallest absolute Gasteiger partial charge is 0.243 e. The maximum atomic E-state index is 12.7. The highest BCUT2D eigenvalue weighted by molar-refractivity contribution is 7.89. The first kappa shape index (κ1) is 20.2. The number of hydrogen-bond acceptors (Lipinski definition) is 4. The summed E-state index contributed by atoms with van der Waals surface area (Å²) in [6.07, 6.45) is 1.20. The fourth-order valence-electron chi connectivity index (χ4n) is 3.49. The highest BCUT2D eigenvalue weighted by Crippen LogP contribution is 2.25. The molecular formula is C17H26ClN3O3S. The van der Waals surface area contributed by atoms with Crippen LogP contribution in [0.3, 0.4) is 0 Å². The van der Waals surface area contributed by atoms with Crippen molar-refractivity contribution in [1.82, 2.24) is 14.5 Å². The Hall–Kier alpha value is -1.15. The SMILES string of the molecule is C[C@@H]1CNCCN1C(=O)C1CCN(S(=O)(=O)c2ccccc2)CC1.Cl. The van der Waals surface area contributed by atoms with Gasteiger partial charge in [-0.1, -0.05) is 18.2 Å². The van der Waals surface area contributed by atoms with Crippen LogP contribution in [0.2, 0.25) is 0 Å². The molecule has 2 saturated heterocycles. The summed E-state index contributed by atoms with van der Waals surface area (Å²) in [4.78, 5) is 15.0. The Bertz CT molecular complexity index is 676. The highest BCUT2D eigenvalue weighted by Gasteiger charge is 2.35. The van der Waals surface area contributed by atoms with Crippen molar-refractivity contribution in [3.05, 3.63) is 30.3 Å². The molecule has 0 spiro atoms. The number of halogens is 1. The van der Waals surface area contributed by atoms with Crippen LogP contribution in [-0.2, 0) is 14.8 Å². The zero-order valence-corrected chi connectivity index (χ0v) is 16.1. The van der Waals surface area contributed by atoms with Gasteiger partial charge >= 0.3 is 0 Å². The minimum absolute atomic E-state index is 0. The number of amides is 1. The molecule has 6 nitrogen and oxygen atoms in total.